The van der Waals surface area contributed by atoms with Crippen LogP contribution in [0, 0.1) is 0 Å². The summed E-state index contributed by atoms with van der Waals surface area (Å²) in [7, 11) is 1.71. The number of aromatic nitrogens is 2. The van der Waals surface area contributed by atoms with Crippen molar-refractivity contribution in [3.8, 4) is 0 Å². The molecule has 1 amide bonds. The number of nitrogens with one attached hydrogen (secondary N) is 2. The van der Waals surface area contributed by atoms with Crippen LogP contribution in [0.2, 0.25) is 0 Å². The van der Waals surface area contributed by atoms with Gasteiger partial charge < -0.3 is 19.6 Å². The molecule has 2 aromatic carbocycles. The van der Waals surface area contributed by atoms with E-state index in [1.807, 2.05) is 42.6 Å². The summed E-state index contributed by atoms with van der Waals surface area (Å²) in [5.74, 6) is 0.0265. The van der Waals surface area contributed by atoms with E-state index in [2.05, 4.69) is 33.2 Å². The van der Waals surface area contributed by atoms with E-state index in [1.54, 1.807) is 7.11 Å². The lowest BCUT2D eigenvalue weighted by molar-refractivity contribution is -0.116. The number of anilines is 1. The van der Waals surface area contributed by atoms with Gasteiger partial charge in [-0.2, -0.15) is 0 Å². The summed E-state index contributed by atoms with van der Waals surface area (Å²) < 4.78 is 7.41. The first kappa shape index (κ1) is 17.4. The van der Waals surface area contributed by atoms with Crippen molar-refractivity contribution in [3.05, 3.63) is 66.5 Å². The van der Waals surface area contributed by atoms with Gasteiger partial charge in [-0.15, -0.1) is 0 Å². The van der Waals surface area contributed by atoms with Crippen molar-refractivity contribution < 1.29 is 9.53 Å². The number of nitrogens with zero attached hydrogens (tertiary/aromatic N) is 1. The maximum atomic E-state index is 12.4. The number of aromatic amines is 1. The van der Waals surface area contributed by atoms with Crippen LogP contribution in [-0.4, -0.2) is 29.2 Å². The molecule has 138 valence electrons. The van der Waals surface area contributed by atoms with E-state index in [-0.39, 0.29) is 5.91 Å². The van der Waals surface area contributed by atoms with Crippen LogP contribution in [0.25, 0.3) is 21.8 Å². The molecule has 27 heavy (non-hydrogen) atoms. The number of carbonyl (C=O) groups excluding carboxylic acids is 1. The summed E-state index contributed by atoms with van der Waals surface area (Å²) in [6.45, 7) is 1.47. The zero-order valence-electron chi connectivity index (χ0n) is 15.4. The second-order valence-corrected chi connectivity index (χ2v) is 6.69. The van der Waals surface area contributed by atoms with Crippen molar-refractivity contribution in [1.82, 2.24) is 9.55 Å². The highest BCUT2D eigenvalue weighted by atomic mass is 16.5. The van der Waals surface area contributed by atoms with Gasteiger partial charge in [0.15, 0.2) is 0 Å². The summed E-state index contributed by atoms with van der Waals surface area (Å²) in [4.78, 5) is 15.6. The topological polar surface area (TPSA) is 59.0 Å². The number of carbonyl (C=O) groups is 1. The number of H-pyrrole nitrogens is 1. The van der Waals surface area contributed by atoms with E-state index in [0.29, 0.717) is 19.4 Å². The molecule has 0 atom stereocenters. The van der Waals surface area contributed by atoms with Gasteiger partial charge in [-0.1, -0.05) is 18.2 Å². The van der Waals surface area contributed by atoms with Gasteiger partial charge in [0.2, 0.25) is 5.91 Å². The van der Waals surface area contributed by atoms with Crippen molar-refractivity contribution >= 4 is 33.4 Å². The molecule has 0 radical (unpaired) electrons. The predicted molar refractivity (Wildman–Crippen MR) is 109 cm³/mol. The smallest absolute Gasteiger partial charge is 0.224 e. The molecule has 4 rings (SSSR count). The number of aryl methyl sites for hydroxylation is 1. The number of hydrogen-bond donors (Lipinski definition) is 2. The zero-order valence-corrected chi connectivity index (χ0v) is 15.4. The van der Waals surface area contributed by atoms with E-state index in [0.717, 1.165) is 23.1 Å². The van der Waals surface area contributed by atoms with Gasteiger partial charge in [0.05, 0.1) is 6.61 Å². The van der Waals surface area contributed by atoms with Crippen LogP contribution in [-0.2, 0) is 22.5 Å². The number of fused-ring (bicyclic) bond motifs is 2. The summed E-state index contributed by atoms with van der Waals surface area (Å²) >= 11 is 0. The lowest BCUT2D eigenvalue weighted by Gasteiger charge is -2.05. The number of para-hydroxylation sites is 1. The Labute approximate surface area is 157 Å². The van der Waals surface area contributed by atoms with E-state index in [4.69, 9.17) is 4.74 Å². The van der Waals surface area contributed by atoms with Gasteiger partial charge in [-0.3, -0.25) is 4.79 Å². The molecule has 4 aromatic rings. The first-order valence-electron chi connectivity index (χ1n) is 9.17. The monoisotopic (exact) mass is 361 g/mol. The molecule has 0 aliphatic rings. The van der Waals surface area contributed by atoms with Crippen LogP contribution in [0.3, 0.4) is 0 Å². The lowest BCUT2D eigenvalue weighted by Crippen LogP contribution is -2.12. The minimum atomic E-state index is 0.0265. The first-order chi connectivity index (χ1) is 13.2. The number of methoxy groups -OCH3 is 1. The lowest BCUT2D eigenvalue weighted by atomic mass is 10.1. The Hall–Kier alpha value is -3.05. The minimum Gasteiger partial charge on any atom is -0.383 e. The Balaban J connectivity index is 1.45. The normalized spacial score (nSPS) is 11.3. The van der Waals surface area contributed by atoms with Crippen molar-refractivity contribution in [2.45, 2.75) is 19.4 Å². The minimum absolute atomic E-state index is 0.0265. The molecule has 2 heterocycles. The third-order valence-electron chi connectivity index (χ3n) is 4.87. The van der Waals surface area contributed by atoms with Crippen LogP contribution >= 0.6 is 0 Å². The molecule has 0 spiro atoms. The Bertz CT molecular complexity index is 1080. The van der Waals surface area contributed by atoms with Gasteiger partial charge >= 0.3 is 0 Å². The summed E-state index contributed by atoms with van der Waals surface area (Å²) in [6, 6.07) is 16.2. The molecule has 0 aliphatic heterocycles. The molecule has 2 N–H and O–H groups in total. The van der Waals surface area contributed by atoms with Gasteiger partial charge in [-0.25, -0.2) is 0 Å². The molecule has 0 unspecified atom stereocenters. The Kier molecular flexibility index (Phi) is 4.94. The zero-order chi connectivity index (χ0) is 18.6. The van der Waals surface area contributed by atoms with E-state index in [9.17, 15) is 4.79 Å². The maximum absolute atomic E-state index is 12.4. The summed E-state index contributed by atoms with van der Waals surface area (Å²) in [6.07, 6.45) is 5.20. The molecule has 0 bridgehead atoms. The number of amides is 1. The third kappa shape index (κ3) is 3.73. The molecule has 5 nitrogen and oxygen atoms in total. The molecule has 5 heteroatoms. The van der Waals surface area contributed by atoms with Crippen LogP contribution < -0.4 is 5.32 Å². The standard InChI is InChI=1S/C22H23N3O2/c1-27-13-12-25-15-17(19-4-2-3-5-21(19)25)6-9-22(26)24-18-7-8-20-16(14-18)10-11-23-20/h2-5,7-8,10-11,14-15,23H,6,9,12-13H2,1H3,(H,24,26). The molecule has 0 saturated carbocycles. The fourth-order valence-corrected chi connectivity index (χ4v) is 3.50. The first-order valence-corrected chi connectivity index (χ1v) is 9.17. The highest BCUT2D eigenvalue weighted by Crippen LogP contribution is 2.23. The highest BCUT2D eigenvalue weighted by molar-refractivity contribution is 5.94. The van der Waals surface area contributed by atoms with E-state index in [1.165, 1.54) is 16.5 Å². The average molecular weight is 361 g/mol. The Morgan fingerprint density at radius 2 is 2.07 bits per heavy atom. The van der Waals surface area contributed by atoms with Gasteiger partial charge in [0.1, 0.15) is 0 Å². The molecular weight excluding hydrogens is 338 g/mol. The molecular formula is C22H23N3O2. The number of benzene rings is 2. The predicted octanol–water partition coefficient (Wildman–Crippen LogP) is 4.34. The quantitative estimate of drug-likeness (QED) is 0.514. The van der Waals surface area contributed by atoms with Crippen LogP contribution in [0.4, 0.5) is 5.69 Å². The number of hydrogen-bond acceptors (Lipinski definition) is 2. The van der Waals surface area contributed by atoms with Crippen molar-refractivity contribution in [3.63, 3.8) is 0 Å². The number of ether oxygens (including phenoxy) is 1. The second kappa shape index (κ2) is 7.68. The van der Waals surface area contributed by atoms with Gasteiger partial charge in [0.25, 0.3) is 0 Å². The van der Waals surface area contributed by atoms with Gasteiger partial charge in [0, 0.05) is 60.0 Å². The summed E-state index contributed by atoms with van der Waals surface area (Å²) in [5, 5.41) is 5.30. The average Bonchev–Trinajstić information content (AvgIpc) is 3.29. The van der Waals surface area contributed by atoms with Crippen LogP contribution in [0.1, 0.15) is 12.0 Å². The fraction of sp³-hybridized carbons (Fsp3) is 0.227. The second-order valence-electron chi connectivity index (χ2n) is 6.69. The third-order valence-corrected chi connectivity index (χ3v) is 4.87. The van der Waals surface area contributed by atoms with Crippen molar-refractivity contribution in [2.24, 2.45) is 0 Å². The van der Waals surface area contributed by atoms with Crippen LogP contribution in [0.5, 0.6) is 0 Å². The fourth-order valence-electron chi connectivity index (χ4n) is 3.50. The Morgan fingerprint density at radius 1 is 1.19 bits per heavy atom. The van der Waals surface area contributed by atoms with E-state index >= 15 is 0 Å². The molecule has 0 aliphatic carbocycles. The van der Waals surface area contributed by atoms with Crippen LogP contribution in [0.15, 0.2) is 60.9 Å². The SMILES string of the molecule is COCCn1cc(CCC(=O)Nc2ccc3[nH]ccc3c2)c2ccccc21. The van der Waals surface area contributed by atoms with Gasteiger partial charge in [-0.05, 0) is 42.3 Å². The molecule has 0 saturated heterocycles. The maximum Gasteiger partial charge on any atom is 0.224 e. The summed E-state index contributed by atoms with van der Waals surface area (Å²) in [5.41, 5.74) is 4.27. The molecule has 0 fully saturated rings. The van der Waals surface area contributed by atoms with E-state index < -0.39 is 0 Å². The highest BCUT2D eigenvalue weighted by Gasteiger charge is 2.10. The largest absolute Gasteiger partial charge is 0.383 e. The van der Waals surface area contributed by atoms with Crippen molar-refractivity contribution in [2.75, 3.05) is 19.0 Å². The number of rotatable bonds is 7. The molecule has 2 aromatic heterocycles. The Morgan fingerprint density at radius 3 is 2.96 bits per heavy atom. The van der Waals surface area contributed by atoms with Crippen molar-refractivity contribution in [1.29, 1.82) is 0 Å².